The lowest BCUT2D eigenvalue weighted by Crippen LogP contribution is -2.49. The van der Waals surface area contributed by atoms with Crippen molar-refractivity contribution < 1.29 is 19.8 Å². The summed E-state index contributed by atoms with van der Waals surface area (Å²) in [5.74, 6) is -1.14. The van der Waals surface area contributed by atoms with Gasteiger partial charge >= 0.3 is 12.0 Å². The minimum atomic E-state index is -1.14. The van der Waals surface area contributed by atoms with Gasteiger partial charge in [-0.25, -0.2) is 9.59 Å². The summed E-state index contributed by atoms with van der Waals surface area (Å²) in [6.07, 6.45) is 2.63. The first-order chi connectivity index (χ1) is 8.04. The van der Waals surface area contributed by atoms with Crippen molar-refractivity contribution in [2.45, 2.75) is 51.6 Å². The largest absolute Gasteiger partial charge is 0.480 e. The summed E-state index contributed by atoms with van der Waals surface area (Å²) in [6, 6.07) is -1.48. The topological polar surface area (TPSA) is 98.7 Å². The molecule has 0 bridgehead atoms. The maximum absolute atomic E-state index is 11.5. The molecule has 0 radical (unpaired) electrons. The van der Waals surface area contributed by atoms with Crippen molar-refractivity contribution in [2.24, 2.45) is 0 Å². The van der Waals surface area contributed by atoms with Crippen LogP contribution in [0, 0.1) is 0 Å². The van der Waals surface area contributed by atoms with Crippen molar-refractivity contribution in [3.8, 4) is 0 Å². The molecule has 0 saturated heterocycles. The second-order valence-corrected chi connectivity index (χ2v) is 3.91. The van der Waals surface area contributed by atoms with Gasteiger partial charge in [0.05, 0.1) is 0 Å². The highest BCUT2D eigenvalue weighted by molar-refractivity contribution is 5.82. The van der Waals surface area contributed by atoms with Crippen LogP contribution in [0.3, 0.4) is 0 Å². The van der Waals surface area contributed by atoms with Crippen LogP contribution in [-0.2, 0) is 4.79 Å². The molecule has 17 heavy (non-hydrogen) atoms. The first kappa shape index (κ1) is 15.7. The molecule has 0 aromatic rings. The molecule has 6 nitrogen and oxygen atoms in total. The summed E-state index contributed by atoms with van der Waals surface area (Å²) in [4.78, 5) is 22.3. The van der Waals surface area contributed by atoms with Gasteiger partial charge in [0.15, 0.2) is 0 Å². The minimum Gasteiger partial charge on any atom is -0.480 e. The average molecular weight is 246 g/mol. The van der Waals surface area contributed by atoms with E-state index in [1.54, 1.807) is 0 Å². The number of hydrogen-bond donors (Lipinski definition) is 4. The Morgan fingerprint density at radius 2 is 1.82 bits per heavy atom. The van der Waals surface area contributed by atoms with E-state index in [-0.39, 0.29) is 19.1 Å². The Balaban J connectivity index is 4.16. The fourth-order valence-corrected chi connectivity index (χ4v) is 1.50. The average Bonchev–Trinajstić information content (AvgIpc) is 2.27. The van der Waals surface area contributed by atoms with Gasteiger partial charge in [-0.15, -0.1) is 0 Å². The smallest absolute Gasteiger partial charge is 0.326 e. The summed E-state index contributed by atoms with van der Waals surface area (Å²) in [5, 5.41) is 22.5. The summed E-state index contributed by atoms with van der Waals surface area (Å²) in [6.45, 7) is 3.71. The zero-order valence-electron chi connectivity index (χ0n) is 10.4. The monoisotopic (exact) mass is 246 g/mol. The van der Waals surface area contributed by atoms with Crippen molar-refractivity contribution in [1.82, 2.24) is 10.6 Å². The van der Waals surface area contributed by atoms with Crippen LogP contribution in [0.25, 0.3) is 0 Å². The summed E-state index contributed by atoms with van der Waals surface area (Å²) < 4.78 is 0. The molecule has 4 N–H and O–H groups in total. The maximum atomic E-state index is 11.5. The molecule has 0 heterocycles. The van der Waals surface area contributed by atoms with Gasteiger partial charge in [-0.05, 0) is 12.8 Å². The van der Waals surface area contributed by atoms with E-state index >= 15 is 0 Å². The highest BCUT2D eigenvalue weighted by Gasteiger charge is 2.20. The number of aliphatic hydroxyl groups is 1. The molecule has 100 valence electrons. The molecule has 2 atom stereocenters. The number of carboxylic acids is 1. The van der Waals surface area contributed by atoms with Crippen molar-refractivity contribution in [3.05, 3.63) is 0 Å². The molecule has 0 aliphatic carbocycles. The second kappa shape index (κ2) is 8.81. The van der Waals surface area contributed by atoms with Gasteiger partial charge in [-0.1, -0.05) is 20.3 Å². The van der Waals surface area contributed by atoms with Crippen molar-refractivity contribution in [2.75, 3.05) is 6.61 Å². The van der Waals surface area contributed by atoms with Gasteiger partial charge < -0.3 is 20.8 Å². The standard InChI is InChI=1S/C11H22N2O4/c1-3-5-8(4-2)12-11(17)13-9(6-7-14)10(15)16/h8-9,14H,3-7H2,1-2H3,(H,15,16)(H2,12,13,17). The molecule has 0 saturated carbocycles. The summed E-state index contributed by atoms with van der Waals surface area (Å²) in [5.41, 5.74) is 0. The molecule has 0 aliphatic rings. The molecule has 6 heteroatoms. The van der Waals surface area contributed by atoms with Gasteiger partial charge in [-0.2, -0.15) is 0 Å². The predicted molar refractivity (Wildman–Crippen MR) is 63.8 cm³/mol. The van der Waals surface area contributed by atoms with Crippen LogP contribution in [0.5, 0.6) is 0 Å². The third-order valence-corrected chi connectivity index (χ3v) is 2.49. The molecule has 0 rings (SSSR count). The van der Waals surface area contributed by atoms with Gasteiger partial charge in [0.2, 0.25) is 0 Å². The van der Waals surface area contributed by atoms with Crippen LogP contribution in [0.2, 0.25) is 0 Å². The number of rotatable bonds is 8. The van der Waals surface area contributed by atoms with Crippen molar-refractivity contribution in [1.29, 1.82) is 0 Å². The quantitative estimate of drug-likeness (QED) is 0.506. The van der Waals surface area contributed by atoms with Crippen molar-refractivity contribution >= 4 is 12.0 Å². The lowest BCUT2D eigenvalue weighted by Gasteiger charge is -2.19. The molecule has 0 aromatic carbocycles. The number of hydrogen-bond acceptors (Lipinski definition) is 3. The Kier molecular flexibility index (Phi) is 8.13. The lowest BCUT2D eigenvalue weighted by atomic mass is 10.1. The van der Waals surface area contributed by atoms with Gasteiger partial charge in [-0.3, -0.25) is 0 Å². The number of carbonyl (C=O) groups is 2. The molecule has 2 amide bonds. The van der Waals surface area contributed by atoms with E-state index < -0.39 is 18.0 Å². The van der Waals surface area contributed by atoms with Crippen LogP contribution >= 0.6 is 0 Å². The summed E-state index contributed by atoms with van der Waals surface area (Å²) >= 11 is 0. The number of aliphatic hydroxyl groups excluding tert-OH is 1. The SMILES string of the molecule is CCCC(CC)NC(=O)NC(CCO)C(=O)O. The molecule has 0 spiro atoms. The van der Waals surface area contributed by atoms with E-state index in [1.807, 2.05) is 13.8 Å². The Morgan fingerprint density at radius 1 is 1.18 bits per heavy atom. The third kappa shape index (κ3) is 6.78. The van der Waals surface area contributed by atoms with E-state index in [0.717, 1.165) is 19.3 Å². The lowest BCUT2D eigenvalue weighted by molar-refractivity contribution is -0.139. The normalized spacial score (nSPS) is 13.8. The van der Waals surface area contributed by atoms with E-state index in [0.29, 0.717) is 0 Å². The van der Waals surface area contributed by atoms with E-state index in [1.165, 1.54) is 0 Å². The fourth-order valence-electron chi connectivity index (χ4n) is 1.50. The number of carboxylic acid groups (broad SMARTS) is 1. The third-order valence-electron chi connectivity index (χ3n) is 2.49. The van der Waals surface area contributed by atoms with E-state index in [9.17, 15) is 9.59 Å². The zero-order chi connectivity index (χ0) is 13.3. The maximum Gasteiger partial charge on any atom is 0.326 e. The molecule has 0 fully saturated rings. The molecular weight excluding hydrogens is 224 g/mol. The van der Waals surface area contributed by atoms with Crippen LogP contribution in [0.15, 0.2) is 0 Å². The molecule has 0 aromatic heterocycles. The van der Waals surface area contributed by atoms with Gasteiger partial charge in [0.25, 0.3) is 0 Å². The first-order valence-corrected chi connectivity index (χ1v) is 5.95. The predicted octanol–water partition coefficient (Wildman–Crippen LogP) is 0.700. The van der Waals surface area contributed by atoms with E-state index in [2.05, 4.69) is 10.6 Å². The van der Waals surface area contributed by atoms with Crippen molar-refractivity contribution in [3.63, 3.8) is 0 Å². The van der Waals surface area contributed by atoms with E-state index in [4.69, 9.17) is 10.2 Å². The van der Waals surface area contributed by atoms with Crippen LogP contribution < -0.4 is 10.6 Å². The Bertz CT molecular complexity index is 246. The summed E-state index contributed by atoms with van der Waals surface area (Å²) in [7, 11) is 0. The van der Waals surface area contributed by atoms with Crippen LogP contribution in [0.1, 0.15) is 39.5 Å². The molecular formula is C11H22N2O4. The number of aliphatic carboxylic acids is 1. The zero-order valence-corrected chi connectivity index (χ0v) is 10.4. The highest BCUT2D eigenvalue weighted by Crippen LogP contribution is 2.01. The molecule has 0 aliphatic heterocycles. The molecule has 2 unspecified atom stereocenters. The number of carbonyl (C=O) groups excluding carboxylic acids is 1. The Labute approximate surface area is 101 Å². The number of amides is 2. The highest BCUT2D eigenvalue weighted by atomic mass is 16.4. The van der Waals surface area contributed by atoms with Crippen LogP contribution in [0.4, 0.5) is 4.79 Å². The number of nitrogens with one attached hydrogen (secondary N) is 2. The van der Waals surface area contributed by atoms with Crippen LogP contribution in [-0.4, -0.2) is 40.9 Å². The second-order valence-electron chi connectivity index (χ2n) is 3.91. The number of urea groups is 1. The first-order valence-electron chi connectivity index (χ1n) is 5.95. The minimum absolute atomic E-state index is 0.00726. The Morgan fingerprint density at radius 3 is 2.24 bits per heavy atom. The van der Waals surface area contributed by atoms with Gasteiger partial charge in [0, 0.05) is 19.1 Å². The van der Waals surface area contributed by atoms with Gasteiger partial charge in [0.1, 0.15) is 6.04 Å². The fraction of sp³-hybridized carbons (Fsp3) is 0.818. The Hall–Kier alpha value is -1.30.